The Morgan fingerprint density at radius 1 is 1.58 bits per heavy atom. The van der Waals surface area contributed by atoms with E-state index >= 15 is 0 Å². The lowest BCUT2D eigenvalue weighted by Crippen LogP contribution is -2.42. The minimum atomic E-state index is -0.888. The Morgan fingerprint density at radius 2 is 2.37 bits per heavy atom. The fourth-order valence-electron chi connectivity index (χ4n) is 2.15. The molecule has 0 saturated carbocycles. The average Bonchev–Trinajstić information content (AvgIpc) is 2.33. The van der Waals surface area contributed by atoms with Gasteiger partial charge in [-0.2, -0.15) is 0 Å². The summed E-state index contributed by atoms with van der Waals surface area (Å²) in [4.78, 5) is 12.6. The van der Waals surface area contributed by atoms with Crippen molar-refractivity contribution >= 4 is 17.6 Å². The fourth-order valence-corrected chi connectivity index (χ4v) is 2.34. The number of carbonyl (C=O) groups is 1. The molecule has 0 spiro atoms. The van der Waals surface area contributed by atoms with E-state index in [0.29, 0.717) is 36.8 Å². The zero-order valence-corrected chi connectivity index (χ0v) is 11.1. The molecule has 1 aromatic rings. The lowest BCUT2D eigenvalue weighted by Gasteiger charge is -2.32. The zero-order valence-electron chi connectivity index (χ0n) is 10.3. The van der Waals surface area contributed by atoms with Gasteiger partial charge < -0.3 is 9.84 Å². The van der Waals surface area contributed by atoms with E-state index in [9.17, 15) is 9.18 Å². The number of carboxylic acid groups (broad SMARTS) is 1. The molecule has 0 bridgehead atoms. The molecule has 1 saturated heterocycles. The first-order valence-electron chi connectivity index (χ1n) is 6.04. The van der Waals surface area contributed by atoms with Crippen molar-refractivity contribution in [1.29, 1.82) is 0 Å². The van der Waals surface area contributed by atoms with Crippen molar-refractivity contribution in [2.24, 2.45) is 0 Å². The number of hydrogen-bond acceptors (Lipinski definition) is 3. The molecule has 0 radical (unpaired) electrons. The van der Waals surface area contributed by atoms with Crippen molar-refractivity contribution in [3.63, 3.8) is 0 Å². The molecule has 4 nitrogen and oxygen atoms in total. The zero-order chi connectivity index (χ0) is 13.8. The second kappa shape index (κ2) is 6.32. The van der Waals surface area contributed by atoms with E-state index < -0.39 is 5.97 Å². The van der Waals surface area contributed by atoms with Crippen LogP contribution in [-0.4, -0.2) is 41.8 Å². The molecule has 0 aliphatic carbocycles. The second-order valence-electron chi connectivity index (χ2n) is 4.56. The van der Waals surface area contributed by atoms with Gasteiger partial charge in [-0.3, -0.25) is 9.69 Å². The molecule has 104 valence electrons. The van der Waals surface area contributed by atoms with Gasteiger partial charge in [0.15, 0.2) is 0 Å². The highest BCUT2D eigenvalue weighted by Gasteiger charge is 2.23. The quantitative estimate of drug-likeness (QED) is 0.922. The predicted octanol–water partition coefficient (Wildman–Crippen LogP) is 2.15. The summed E-state index contributed by atoms with van der Waals surface area (Å²) >= 11 is 5.84. The van der Waals surface area contributed by atoms with Crippen molar-refractivity contribution in [2.75, 3.05) is 19.7 Å². The molecule has 1 heterocycles. The predicted molar refractivity (Wildman–Crippen MR) is 68.7 cm³/mol. The van der Waals surface area contributed by atoms with Crippen LogP contribution < -0.4 is 0 Å². The van der Waals surface area contributed by atoms with Gasteiger partial charge in [-0.15, -0.1) is 0 Å². The van der Waals surface area contributed by atoms with Gasteiger partial charge >= 0.3 is 5.97 Å². The van der Waals surface area contributed by atoms with Gasteiger partial charge in [-0.05, 0) is 18.2 Å². The summed E-state index contributed by atoms with van der Waals surface area (Å²) in [6.45, 7) is 2.01. The highest BCUT2D eigenvalue weighted by atomic mass is 35.5. The fraction of sp³-hybridized carbons (Fsp3) is 0.462. The first-order chi connectivity index (χ1) is 9.04. The molecular weight excluding hydrogens is 273 g/mol. The Balaban J connectivity index is 1.98. The smallest absolute Gasteiger partial charge is 0.306 e. The summed E-state index contributed by atoms with van der Waals surface area (Å²) in [7, 11) is 0. The minimum absolute atomic E-state index is 0.0332. The van der Waals surface area contributed by atoms with Crippen LogP contribution in [0.2, 0.25) is 5.02 Å². The van der Waals surface area contributed by atoms with E-state index in [-0.39, 0.29) is 18.3 Å². The van der Waals surface area contributed by atoms with Gasteiger partial charge in [-0.1, -0.05) is 11.6 Å². The number of carboxylic acids is 1. The van der Waals surface area contributed by atoms with Gasteiger partial charge in [0.2, 0.25) is 0 Å². The van der Waals surface area contributed by atoms with E-state index in [1.54, 1.807) is 6.07 Å². The third kappa shape index (κ3) is 4.16. The Bertz CT molecular complexity index is 469. The maximum absolute atomic E-state index is 13.6. The minimum Gasteiger partial charge on any atom is -0.481 e. The topological polar surface area (TPSA) is 49.8 Å². The van der Waals surface area contributed by atoms with Crippen molar-refractivity contribution in [3.05, 3.63) is 34.6 Å². The Kier molecular flexibility index (Phi) is 4.74. The van der Waals surface area contributed by atoms with Crippen molar-refractivity contribution in [2.45, 2.75) is 19.1 Å². The number of aliphatic carboxylic acids is 1. The number of ether oxygens (including phenoxy) is 1. The van der Waals surface area contributed by atoms with Gasteiger partial charge in [-0.25, -0.2) is 4.39 Å². The average molecular weight is 288 g/mol. The summed E-state index contributed by atoms with van der Waals surface area (Å²) < 4.78 is 19.0. The van der Waals surface area contributed by atoms with E-state index in [0.717, 1.165) is 0 Å². The molecule has 1 aliphatic heterocycles. The molecule has 0 aromatic heterocycles. The van der Waals surface area contributed by atoms with Gasteiger partial charge in [0.1, 0.15) is 5.82 Å². The Morgan fingerprint density at radius 3 is 3.11 bits per heavy atom. The maximum Gasteiger partial charge on any atom is 0.306 e. The van der Waals surface area contributed by atoms with Crippen LogP contribution in [0.4, 0.5) is 4.39 Å². The maximum atomic E-state index is 13.6. The molecule has 19 heavy (non-hydrogen) atoms. The molecule has 2 rings (SSSR count). The third-order valence-corrected chi connectivity index (χ3v) is 3.26. The van der Waals surface area contributed by atoms with Crippen LogP contribution in [0.25, 0.3) is 0 Å². The highest BCUT2D eigenvalue weighted by molar-refractivity contribution is 6.30. The standard InChI is InChI=1S/C13H15ClFNO3/c14-10-1-2-12(15)9(5-10)7-16-3-4-19-11(8-16)6-13(17)18/h1-2,5,11H,3-4,6-8H2,(H,17,18). The SMILES string of the molecule is O=C(O)CC1CN(Cc2cc(Cl)ccc2F)CCO1. The number of halogens is 2. The van der Waals surface area contributed by atoms with Crippen molar-refractivity contribution in [1.82, 2.24) is 4.90 Å². The van der Waals surface area contributed by atoms with Gasteiger partial charge in [0.05, 0.1) is 19.1 Å². The number of nitrogens with zero attached hydrogens (tertiary/aromatic N) is 1. The van der Waals surface area contributed by atoms with E-state index in [4.69, 9.17) is 21.4 Å². The number of rotatable bonds is 4. The number of hydrogen-bond donors (Lipinski definition) is 1. The van der Waals surface area contributed by atoms with Crippen LogP contribution in [0, 0.1) is 5.82 Å². The van der Waals surface area contributed by atoms with Crippen LogP contribution >= 0.6 is 11.6 Å². The Labute approximate surface area is 115 Å². The lowest BCUT2D eigenvalue weighted by atomic mass is 10.1. The number of benzene rings is 1. The molecule has 1 fully saturated rings. The molecular formula is C13H15ClFNO3. The summed E-state index contributed by atoms with van der Waals surface area (Å²) in [5.41, 5.74) is 0.517. The van der Waals surface area contributed by atoms with Crippen LogP contribution in [0.5, 0.6) is 0 Å². The summed E-state index contributed by atoms with van der Waals surface area (Å²) in [5.74, 6) is -1.19. The normalized spacial score (nSPS) is 20.4. The second-order valence-corrected chi connectivity index (χ2v) is 5.00. The van der Waals surface area contributed by atoms with Crippen LogP contribution in [0.1, 0.15) is 12.0 Å². The highest BCUT2D eigenvalue weighted by Crippen LogP contribution is 2.18. The molecule has 1 aromatic carbocycles. The summed E-state index contributed by atoms with van der Waals surface area (Å²) in [6, 6.07) is 4.44. The lowest BCUT2D eigenvalue weighted by molar-refractivity contribution is -0.142. The first-order valence-corrected chi connectivity index (χ1v) is 6.42. The molecule has 1 atom stereocenters. The van der Waals surface area contributed by atoms with Crippen molar-refractivity contribution in [3.8, 4) is 0 Å². The molecule has 1 aliphatic rings. The number of morpholine rings is 1. The molecule has 1 N–H and O–H groups in total. The monoisotopic (exact) mass is 287 g/mol. The molecule has 0 amide bonds. The van der Waals surface area contributed by atoms with E-state index in [1.165, 1.54) is 12.1 Å². The largest absolute Gasteiger partial charge is 0.481 e. The summed E-state index contributed by atoms with van der Waals surface area (Å²) in [5, 5.41) is 9.24. The van der Waals surface area contributed by atoms with Crippen LogP contribution in [0.15, 0.2) is 18.2 Å². The Hall–Kier alpha value is -1.17. The summed E-state index contributed by atoms with van der Waals surface area (Å²) in [6.07, 6.45) is -0.373. The molecule has 6 heteroatoms. The van der Waals surface area contributed by atoms with Gasteiger partial charge in [0.25, 0.3) is 0 Å². The third-order valence-electron chi connectivity index (χ3n) is 3.03. The van der Waals surface area contributed by atoms with Crippen LogP contribution in [-0.2, 0) is 16.1 Å². The van der Waals surface area contributed by atoms with E-state index in [1.807, 2.05) is 4.90 Å². The van der Waals surface area contributed by atoms with Crippen LogP contribution in [0.3, 0.4) is 0 Å². The van der Waals surface area contributed by atoms with Crippen molar-refractivity contribution < 1.29 is 19.0 Å². The molecule has 1 unspecified atom stereocenters. The van der Waals surface area contributed by atoms with E-state index in [2.05, 4.69) is 0 Å². The van der Waals surface area contributed by atoms with Gasteiger partial charge in [0, 0.05) is 30.2 Å². The first kappa shape index (κ1) is 14.2.